The third-order valence-electron chi connectivity index (χ3n) is 4.64. The Balaban J connectivity index is 1.36. The number of thiazole rings is 1. The van der Waals surface area contributed by atoms with E-state index >= 15 is 0 Å². The normalized spacial score (nSPS) is 13.7. The zero-order valence-electron chi connectivity index (χ0n) is 15.8. The van der Waals surface area contributed by atoms with Crippen molar-refractivity contribution in [3.8, 4) is 0 Å². The second-order valence-electron chi connectivity index (χ2n) is 6.76. The van der Waals surface area contributed by atoms with E-state index in [9.17, 15) is 14.4 Å². The molecule has 1 fully saturated rings. The summed E-state index contributed by atoms with van der Waals surface area (Å²) in [5, 5.41) is 5.25. The van der Waals surface area contributed by atoms with Crippen LogP contribution in [0.15, 0.2) is 42.0 Å². The number of benzene rings is 1. The Kier molecular flexibility index (Phi) is 5.22. The van der Waals surface area contributed by atoms with Crippen molar-refractivity contribution in [1.82, 2.24) is 14.5 Å². The average molecular weight is 409 g/mol. The number of nitrogens with one attached hydrogen (secondary N) is 1. The molecule has 148 valence electrons. The predicted molar refractivity (Wildman–Crippen MR) is 109 cm³/mol. The molecule has 9 heteroatoms. The molecule has 1 aliphatic rings. The molecule has 0 unspecified atom stereocenters. The number of carbonyl (C=O) groups is 3. The Hall–Kier alpha value is -3.33. The van der Waals surface area contributed by atoms with Crippen molar-refractivity contribution in [3.05, 3.63) is 59.1 Å². The van der Waals surface area contributed by atoms with Crippen LogP contribution in [-0.2, 0) is 23.1 Å². The fraction of sp³-hybridized carbons (Fsp3) is 0.250. The number of imidazole rings is 1. The molecule has 0 saturated carbocycles. The van der Waals surface area contributed by atoms with E-state index in [2.05, 4.69) is 15.3 Å². The molecule has 0 aliphatic carbocycles. The Morgan fingerprint density at radius 3 is 2.69 bits per heavy atom. The van der Waals surface area contributed by atoms with Crippen molar-refractivity contribution in [2.24, 2.45) is 7.05 Å². The lowest BCUT2D eigenvalue weighted by atomic mass is 10.1. The van der Waals surface area contributed by atoms with Crippen LogP contribution >= 0.6 is 11.3 Å². The van der Waals surface area contributed by atoms with Gasteiger partial charge in [0.05, 0.1) is 12.1 Å². The first kappa shape index (κ1) is 19.0. The highest BCUT2D eigenvalue weighted by molar-refractivity contribution is 7.14. The minimum absolute atomic E-state index is 0.0792. The molecule has 4 rings (SSSR count). The van der Waals surface area contributed by atoms with Crippen LogP contribution in [0.25, 0.3) is 0 Å². The van der Waals surface area contributed by atoms with E-state index in [0.717, 1.165) is 6.42 Å². The molecule has 2 aromatic heterocycles. The fourth-order valence-electron chi connectivity index (χ4n) is 3.14. The molecule has 1 aliphatic heterocycles. The van der Waals surface area contributed by atoms with Gasteiger partial charge in [0.25, 0.3) is 0 Å². The summed E-state index contributed by atoms with van der Waals surface area (Å²) in [5.41, 5.74) is 1.72. The summed E-state index contributed by atoms with van der Waals surface area (Å²) in [6.07, 6.45) is 4.80. The lowest BCUT2D eigenvalue weighted by Gasteiger charge is -2.10. The number of amides is 2. The van der Waals surface area contributed by atoms with E-state index in [1.54, 1.807) is 58.6 Å². The van der Waals surface area contributed by atoms with Gasteiger partial charge in [0.15, 0.2) is 11.0 Å². The predicted octanol–water partition coefficient (Wildman–Crippen LogP) is 2.42. The van der Waals surface area contributed by atoms with Gasteiger partial charge in [0, 0.05) is 49.0 Å². The largest absolute Gasteiger partial charge is 0.331 e. The molecular formula is C20H19N5O3S. The number of aromatic nitrogens is 3. The molecule has 3 heterocycles. The molecule has 1 aromatic carbocycles. The third kappa shape index (κ3) is 4.09. The smallest absolute Gasteiger partial charge is 0.230 e. The zero-order chi connectivity index (χ0) is 20.4. The Labute approximate surface area is 171 Å². The van der Waals surface area contributed by atoms with E-state index in [-0.39, 0.29) is 24.0 Å². The number of aryl methyl sites for hydroxylation is 1. The van der Waals surface area contributed by atoms with Crippen molar-refractivity contribution in [1.29, 1.82) is 0 Å². The van der Waals surface area contributed by atoms with Gasteiger partial charge < -0.3 is 9.88 Å². The minimum Gasteiger partial charge on any atom is -0.331 e. The molecule has 29 heavy (non-hydrogen) atoms. The summed E-state index contributed by atoms with van der Waals surface area (Å²) >= 11 is 1.37. The lowest BCUT2D eigenvalue weighted by Crippen LogP contribution is -2.23. The van der Waals surface area contributed by atoms with Crippen molar-refractivity contribution >= 4 is 39.8 Å². The molecule has 1 saturated heterocycles. The summed E-state index contributed by atoms with van der Waals surface area (Å²) in [5.74, 6) is 0.0488. The van der Waals surface area contributed by atoms with Crippen molar-refractivity contribution < 1.29 is 14.4 Å². The third-order valence-corrected chi connectivity index (χ3v) is 5.55. The number of ketones is 1. The summed E-state index contributed by atoms with van der Waals surface area (Å²) < 4.78 is 1.66. The van der Waals surface area contributed by atoms with E-state index in [1.807, 2.05) is 0 Å². The van der Waals surface area contributed by atoms with Gasteiger partial charge in [0.1, 0.15) is 0 Å². The molecule has 3 aromatic rings. The topological polar surface area (TPSA) is 97.2 Å². The van der Waals surface area contributed by atoms with Crippen molar-refractivity contribution in [3.63, 3.8) is 0 Å². The number of rotatable bonds is 6. The van der Waals surface area contributed by atoms with Crippen LogP contribution in [0.3, 0.4) is 0 Å². The molecule has 0 bridgehead atoms. The molecule has 8 nitrogen and oxygen atoms in total. The van der Waals surface area contributed by atoms with Gasteiger partial charge >= 0.3 is 0 Å². The maximum Gasteiger partial charge on any atom is 0.230 e. The molecule has 0 atom stereocenters. The monoisotopic (exact) mass is 409 g/mol. The molecular weight excluding hydrogens is 390 g/mol. The van der Waals surface area contributed by atoms with Crippen LogP contribution in [0.4, 0.5) is 10.8 Å². The minimum atomic E-state index is -0.210. The van der Waals surface area contributed by atoms with Crippen LogP contribution in [-0.4, -0.2) is 38.7 Å². The Morgan fingerprint density at radius 1 is 1.24 bits per heavy atom. The van der Waals surface area contributed by atoms with E-state index in [4.69, 9.17) is 0 Å². The summed E-state index contributed by atoms with van der Waals surface area (Å²) in [7, 11) is 1.76. The summed E-state index contributed by atoms with van der Waals surface area (Å²) in [6.45, 7) is 0.682. The van der Waals surface area contributed by atoms with E-state index < -0.39 is 0 Å². The Morgan fingerprint density at radius 2 is 2.03 bits per heavy atom. The first-order valence-electron chi connectivity index (χ1n) is 9.18. The van der Waals surface area contributed by atoms with Crippen LogP contribution in [0.5, 0.6) is 0 Å². The van der Waals surface area contributed by atoms with Crippen LogP contribution in [0.1, 0.15) is 34.7 Å². The standard InChI is InChI=1S/C20H19N5O3S/c1-24-10-8-21-19(24)18(28)13-4-6-14(7-5-13)22-16(26)11-15-12-29-20(23-15)25-9-2-3-17(25)27/h4-8,10,12H,2-3,9,11H2,1H3,(H,22,26). The van der Waals surface area contributed by atoms with Gasteiger partial charge in [-0.05, 0) is 30.7 Å². The van der Waals surface area contributed by atoms with Crippen molar-refractivity contribution in [2.45, 2.75) is 19.3 Å². The first-order valence-corrected chi connectivity index (χ1v) is 10.1. The summed E-state index contributed by atoms with van der Waals surface area (Å²) in [4.78, 5) is 46.7. The second kappa shape index (κ2) is 7.96. The Bertz CT molecular complexity index is 1070. The number of hydrogen-bond acceptors (Lipinski definition) is 6. The first-order chi connectivity index (χ1) is 14.0. The quantitative estimate of drug-likeness (QED) is 0.631. The highest BCUT2D eigenvalue weighted by Crippen LogP contribution is 2.25. The molecule has 1 N–H and O–H groups in total. The molecule has 0 radical (unpaired) electrons. The van der Waals surface area contributed by atoms with Gasteiger partial charge in [0.2, 0.25) is 17.6 Å². The molecule has 2 amide bonds. The van der Waals surface area contributed by atoms with E-state index in [1.165, 1.54) is 11.3 Å². The summed E-state index contributed by atoms with van der Waals surface area (Å²) in [6, 6.07) is 6.69. The number of hydrogen-bond donors (Lipinski definition) is 1. The van der Waals surface area contributed by atoms with E-state index in [0.29, 0.717) is 40.9 Å². The molecule has 0 spiro atoms. The van der Waals surface area contributed by atoms with Gasteiger partial charge in [-0.3, -0.25) is 19.3 Å². The maximum atomic E-state index is 12.4. The van der Waals surface area contributed by atoms with Gasteiger partial charge in [-0.1, -0.05) is 0 Å². The second-order valence-corrected chi connectivity index (χ2v) is 7.60. The van der Waals surface area contributed by atoms with Gasteiger partial charge in [-0.25, -0.2) is 9.97 Å². The SMILES string of the molecule is Cn1ccnc1C(=O)c1ccc(NC(=O)Cc2csc(N3CCCC3=O)n2)cc1. The number of nitrogens with zero attached hydrogens (tertiary/aromatic N) is 4. The maximum absolute atomic E-state index is 12.4. The lowest BCUT2D eigenvalue weighted by molar-refractivity contribution is -0.117. The number of anilines is 2. The van der Waals surface area contributed by atoms with Crippen LogP contribution in [0, 0.1) is 0 Å². The highest BCUT2D eigenvalue weighted by Gasteiger charge is 2.24. The van der Waals surface area contributed by atoms with Crippen molar-refractivity contribution in [2.75, 3.05) is 16.8 Å². The zero-order valence-corrected chi connectivity index (χ0v) is 16.6. The average Bonchev–Trinajstić information content (AvgIpc) is 3.43. The fourth-order valence-corrected chi connectivity index (χ4v) is 4.01. The highest BCUT2D eigenvalue weighted by atomic mass is 32.1. The van der Waals surface area contributed by atoms with Crippen LogP contribution in [0.2, 0.25) is 0 Å². The number of carbonyl (C=O) groups excluding carboxylic acids is 3. The van der Waals surface area contributed by atoms with Crippen LogP contribution < -0.4 is 10.2 Å². The van der Waals surface area contributed by atoms with Gasteiger partial charge in [-0.2, -0.15) is 0 Å². The van der Waals surface area contributed by atoms with Gasteiger partial charge in [-0.15, -0.1) is 11.3 Å².